The van der Waals surface area contributed by atoms with Crippen LogP contribution in [-0.4, -0.2) is 21.8 Å². The van der Waals surface area contributed by atoms with Gasteiger partial charge in [0.15, 0.2) is 0 Å². The fraction of sp³-hybridized carbons (Fsp3) is 0.700. The van der Waals surface area contributed by atoms with E-state index in [9.17, 15) is 9.90 Å². The van der Waals surface area contributed by atoms with Crippen molar-refractivity contribution in [1.29, 1.82) is 0 Å². The zero-order valence-electron chi connectivity index (χ0n) is 8.61. The monoisotopic (exact) mass is 186 g/mol. The maximum Gasteiger partial charge on any atom is 0.310 e. The summed E-state index contributed by atoms with van der Waals surface area (Å²) in [5.41, 5.74) is -0.942. The highest BCUT2D eigenvalue weighted by molar-refractivity contribution is 5.72. The van der Waals surface area contributed by atoms with E-state index < -0.39 is 17.5 Å². The predicted molar refractivity (Wildman–Crippen MR) is 51.4 cm³/mol. The fourth-order valence-electron chi connectivity index (χ4n) is 0.929. The first-order valence-electron chi connectivity index (χ1n) is 4.38. The molecule has 0 rings (SSSR count). The van der Waals surface area contributed by atoms with E-state index in [4.69, 9.17) is 5.11 Å². The van der Waals surface area contributed by atoms with Crippen LogP contribution < -0.4 is 0 Å². The van der Waals surface area contributed by atoms with Crippen molar-refractivity contribution in [2.45, 2.75) is 33.3 Å². The Hall–Kier alpha value is -0.830. The summed E-state index contributed by atoms with van der Waals surface area (Å²) in [6.45, 7) is 6.91. The molecule has 0 aromatic carbocycles. The van der Waals surface area contributed by atoms with Crippen LogP contribution in [-0.2, 0) is 4.79 Å². The highest BCUT2D eigenvalue weighted by atomic mass is 16.4. The number of hydrogen-bond donors (Lipinski definition) is 2. The first-order valence-corrected chi connectivity index (χ1v) is 4.38. The Bertz CT molecular complexity index is 199. The normalized spacial score (nSPS) is 15.2. The van der Waals surface area contributed by atoms with E-state index >= 15 is 0 Å². The minimum absolute atomic E-state index is 0.0381. The summed E-state index contributed by atoms with van der Waals surface area (Å²) in [6, 6.07) is 0. The molecule has 1 unspecified atom stereocenters. The van der Waals surface area contributed by atoms with Crippen LogP contribution in [0.4, 0.5) is 0 Å². The first kappa shape index (κ1) is 12.2. The van der Waals surface area contributed by atoms with Crippen molar-refractivity contribution in [3.63, 3.8) is 0 Å². The van der Waals surface area contributed by atoms with E-state index in [0.717, 1.165) is 0 Å². The van der Waals surface area contributed by atoms with Gasteiger partial charge in [-0.3, -0.25) is 4.79 Å². The molecular formula is C10H18O3. The number of carbonyl (C=O) groups is 1. The Morgan fingerprint density at radius 1 is 1.38 bits per heavy atom. The molecule has 0 aromatic heterocycles. The van der Waals surface area contributed by atoms with E-state index in [1.807, 2.05) is 13.8 Å². The Morgan fingerprint density at radius 2 is 1.85 bits per heavy atom. The van der Waals surface area contributed by atoms with Crippen LogP contribution in [0.15, 0.2) is 12.2 Å². The minimum atomic E-state index is -0.942. The molecule has 0 spiro atoms. The lowest BCUT2D eigenvalue weighted by Gasteiger charge is -2.15. The van der Waals surface area contributed by atoms with Crippen molar-refractivity contribution in [2.75, 3.05) is 0 Å². The van der Waals surface area contributed by atoms with Gasteiger partial charge in [-0.1, -0.05) is 26.0 Å². The van der Waals surface area contributed by atoms with Gasteiger partial charge in [-0.15, -0.1) is 0 Å². The van der Waals surface area contributed by atoms with Gasteiger partial charge in [0.05, 0.1) is 11.5 Å². The van der Waals surface area contributed by atoms with Gasteiger partial charge in [-0.2, -0.15) is 0 Å². The lowest BCUT2D eigenvalue weighted by Crippen LogP contribution is -2.20. The van der Waals surface area contributed by atoms with Crippen molar-refractivity contribution < 1.29 is 15.0 Å². The fourth-order valence-corrected chi connectivity index (χ4v) is 0.929. The molecule has 76 valence electrons. The van der Waals surface area contributed by atoms with Gasteiger partial charge in [-0.25, -0.2) is 0 Å². The molecule has 1 atom stereocenters. The maximum atomic E-state index is 10.7. The van der Waals surface area contributed by atoms with Crippen LogP contribution in [0.2, 0.25) is 0 Å². The van der Waals surface area contributed by atoms with Crippen LogP contribution in [0.1, 0.15) is 27.7 Å². The predicted octanol–water partition coefficient (Wildman–Crippen LogP) is 1.67. The van der Waals surface area contributed by atoms with Gasteiger partial charge in [0.1, 0.15) is 0 Å². The molecule has 0 radical (unpaired) electrons. The van der Waals surface area contributed by atoms with Gasteiger partial charge >= 0.3 is 5.97 Å². The van der Waals surface area contributed by atoms with Crippen molar-refractivity contribution in [3.8, 4) is 0 Å². The molecule has 0 saturated heterocycles. The van der Waals surface area contributed by atoms with Crippen molar-refractivity contribution >= 4 is 5.97 Å². The molecule has 0 amide bonds. The Morgan fingerprint density at radius 3 is 2.08 bits per heavy atom. The smallest absolute Gasteiger partial charge is 0.310 e. The molecule has 0 aliphatic rings. The average molecular weight is 186 g/mol. The molecule has 0 aliphatic heterocycles. The lowest BCUT2D eigenvalue weighted by atomic mass is 9.94. The molecule has 2 N–H and O–H groups in total. The highest BCUT2D eigenvalue weighted by Gasteiger charge is 2.19. The summed E-state index contributed by atoms with van der Waals surface area (Å²) in [7, 11) is 0. The number of hydrogen-bond acceptors (Lipinski definition) is 2. The van der Waals surface area contributed by atoms with Crippen LogP contribution in [0.25, 0.3) is 0 Å². The third-order valence-corrected chi connectivity index (χ3v) is 1.71. The second-order valence-corrected chi connectivity index (χ2v) is 4.12. The number of aliphatic hydroxyl groups is 1. The second kappa shape index (κ2) is 4.42. The third kappa shape index (κ3) is 5.42. The number of rotatable bonds is 4. The van der Waals surface area contributed by atoms with E-state index in [1.54, 1.807) is 19.9 Å². The van der Waals surface area contributed by atoms with Gasteiger partial charge in [-0.05, 0) is 19.8 Å². The molecule has 0 bridgehead atoms. The van der Waals surface area contributed by atoms with Gasteiger partial charge in [0, 0.05) is 0 Å². The van der Waals surface area contributed by atoms with Crippen molar-refractivity contribution in [1.82, 2.24) is 0 Å². The molecular weight excluding hydrogens is 168 g/mol. The van der Waals surface area contributed by atoms with Crippen LogP contribution in [0.3, 0.4) is 0 Å². The summed E-state index contributed by atoms with van der Waals surface area (Å²) < 4.78 is 0. The standard InChI is InChI=1S/C10H18O3/c1-7(2)8(9(11)12)5-6-10(3,4)13/h5-8,13H,1-4H3,(H,11,12)/b6-5-. The third-order valence-electron chi connectivity index (χ3n) is 1.71. The average Bonchev–Trinajstić information content (AvgIpc) is 1.82. The van der Waals surface area contributed by atoms with E-state index in [1.165, 1.54) is 6.08 Å². The minimum Gasteiger partial charge on any atom is -0.481 e. The second-order valence-electron chi connectivity index (χ2n) is 4.12. The summed E-state index contributed by atoms with van der Waals surface area (Å²) >= 11 is 0. The van der Waals surface area contributed by atoms with E-state index in [2.05, 4.69) is 0 Å². The highest BCUT2D eigenvalue weighted by Crippen LogP contribution is 2.15. The van der Waals surface area contributed by atoms with E-state index in [0.29, 0.717) is 0 Å². The van der Waals surface area contributed by atoms with Crippen molar-refractivity contribution in [3.05, 3.63) is 12.2 Å². The van der Waals surface area contributed by atoms with E-state index in [-0.39, 0.29) is 5.92 Å². The summed E-state index contributed by atoms with van der Waals surface area (Å²) in [6.07, 6.45) is 3.07. The molecule has 0 saturated carbocycles. The molecule has 13 heavy (non-hydrogen) atoms. The quantitative estimate of drug-likeness (QED) is 0.656. The van der Waals surface area contributed by atoms with Crippen LogP contribution in [0.5, 0.6) is 0 Å². The van der Waals surface area contributed by atoms with Gasteiger partial charge in [0.25, 0.3) is 0 Å². The van der Waals surface area contributed by atoms with Crippen molar-refractivity contribution in [2.24, 2.45) is 11.8 Å². The van der Waals surface area contributed by atoms with Crippen LogP contribution in [0, 0.1) is 11.8 Å². The molecule has 0 fully saturated rings. The number of carboxylic acid groups (broad SMARTS) is 1. The molecule has 0 aromatic rings. The summed E-state index contributed by atoms with van der Waals surface area (Å²) in [5.74, 6) is -1.34. The molecule has 0 heterocycles. The Kier molecular flexibility index (Phi) is 4.14. The molecule has 0 aliphatic carbocycles. The topological polar surface area (TPSA) is 57.5 Å². The molecule has 3 nitrogen and oxygen atoms in total. The maximum absolute atomic E-state index is 10.7. The number of aliphatic carboxylic acids is 1. The zero-order chi connectivity index (χ0) is 10.6. The Labute approximate surface area is 79.1 Å². The Balaban J connectivity index is 4.44. The summed E-state index contributed by atoms with van der Waals surface area (Å²) in [4.78, 5) is 10.7. The van der Waals surface area contributed by atoms with Gasteiger partial charge < -0.3 is 10.2 Å². The lowest BCUT2D eigenvalue weighted by molar-refractivity contribution is -0.141. The largest absolute Gasteiger partial charge is 0.481 e. The molecule has 3 heteroatoms. The van der Waals surface area contributed by atoms with Crippen LogP contribution >= 0.6 is 0 Å². The zero-order valence-corrected chi connectivity index (χ0v) is 8.61. The van der Waals surface area contributed by atoms with Gasteiger partial charge in [0.2, 0.25) is 0 Å². The summed E-state index contributed by atoms with van der Waals surface area (Å²) in [5, 5.41) is 18.2. The first-order chi connectivity index (χ1) is 5.74. The number of carboxylic acids is 1. The SMILES string of the molecule is CC(C)C(/C=C\C(C)(C)O)C(=O)O.